The van der Waals surface area contributed by atoms with Crippen LogP contribution in [0.5, 0.6) is 0 Å². The number of methoxy groups -OCH3 is 2. The van der Waals surface area contributed by atoms with Crippen molar-refractivity contribution < 1.29 is 9.47 Å². The molecule has 0 aliphatic heterocycles. The van der Waals surface area contributed by atoms with E-state index in [1.807, 2.05) is 14.0 Å². The first-order valence-corrected chi connectivity index (χ1v) is 13.1. The molecule has 0 spiro atoms. The molecule has 4 heteroatoms. The molecular weight excluding hydrogens is 414 g/mol. The summed E-state index contributed by atoms with van der Waals surface area (Å²) >= 11 is 1.69. The molecule has 1 heterocycles. The molecule has 0 radical (unpaired) electrons. The van der Waals surface area contributed by atoms with E-state index in [0.717, 1.165) is 23.5 Å². The molecule has 0 saturated heterocycles. The van der Waals surface area contributed by atoms with Gasteiger partial charge < -0.3 is 9.47 Å². The van der Waals surface area contributed by atoms with E-state index in [4.69, 9.17) is 9.47 Å². The Morgan fingerprint density at radius 2 is 1.78 bits per heavy atom. The number of nitrogens with zero attached hydrogens (tertiary/aromatic N) is 1. The van der Waals surface area contributed by atoms with Crippen LogP contribution in [0.25, 0.3) is 6.08 Å². The van der Waals surface area contributed by atoms with Gasteiger partial charge in [0, 0.05) is 19.6 Å². The number of hydrogen-bond acceptors (Lipinski definition) is 4. The maximum atomic E-state index is 5.75. The molecule has 5 atom stereocenters. The fourth-order valence-electron chi connectivity index (χ4n) is 4.41. The van der Waals surface area contributed by atoms with Crippen LogP contribution in [0.15, 0.2) is 22.6 Å². The van der Waals surface area contributed by atoms with Gasteiger partial charge in [-0.15, -0.1) is 11.3 Å². The lowest BCUT2D eigenvalue weighted by atomic mass is 9.71. The molecule has 0 fully saturated rings. The zero-order chi connectivity index (χ0) is 24.5. The van der Waals surface area contributed by atoms with Crippen LogP contribution in [0.2, 0.25) is 0 Å². The number of rotatable bonds is 14. The first-order chi connectivity index (χ1) is 14.9. The highest BCUT2D eigenvalue weighted by molar-refractivity contribution is 7.09. The summed E-state index contributed by atoms with van der Waals surface area (Å²) in [7, 11) is 3.63. The highest BCUT2D eigenvalue weighted by Crippen LogP contribution is 2.36. The lowest BCUT2D eigenvalue weighted by molar-refractivity contribution is -0.0512. The van der Waals surface area contributed by atoms with Crippen LogP contribution >= 0.6 is 11.3 Å². The largest absolute Gasteiger partial charge is 0.379 e. The average Bonchev–Trinajstić information content (AvgIpc) is 3.16. The SMILES string of the molecule is CO[C@@H](C/C=C(/C)CCC[C@H](C)[C@H](C)[C@@H](C)[C@@H](C)C(C)(C)OC)/C(C)=C/c1csc(C)n1. The lowest BCUT2D eigenvalue weighted by Crippen LogP contribution is -2.38. The van der Waals surface area contributed by atoms with Gasteiger partial charge in [0.1, 0.15) is 0 Å². The first-order valence-electron chi connectivity index (χ1n) is 12.3. The molecule has 0 aromatic carbocycles. The van der Waals surface area contributed by atoms with Crippen LogP contribution in [-0.4, -0.2) is 30.9 Å². The van der Waals surface area contributed by atoms with Crippen LogP contribution < -0.4 is 0 Å². The van der Waals surface area contributed by atoms with E-state index in [1.165, 1.54) is 24.0 Å². The highest BCUT2D eigenvalue weighted by Gasteiger charge is 2.33. The summed E-state index contributed by atoms with van der Waals surface area (Å²) in [6.45, 7) is 20.4. The molecule has 1 rings (SSSR count). The van der Waals surface area contributed by atoms with Crippen molar-refractivity contribution in [3.05, 3.63) is 33.3 Å². The third-order valence-corrected chi connectivity index (χ3v) is 8.65. The van der Waals surface area contributed by atoms with Crippen molar-refractivity contribution in [3.63, 3.8) is 0 Å². The maximum Gasteiger partial charge on any atom is 0.0901 e. The fourth-order valence-corrected chi connectivity index (χ4v) is 4.98. The van der Waals surface area contributed by atoms with Crippen molar-refractivity contribution >= 4 is 17.4 Å². The average molecular weight is 464 g/mol. The zero-order valence-electron chi connectivity index (χ0n) is 22.6. The van der Waals surface area contributed by atoms with Gasteiger partial charge in [-0.2, -0.15) is 0 Å². The summed E-state index contributed by atoms with van der Waals surface area (Å²) in [5, 5.41) is 3.20. The molecule has 1 aromatic rings. The van der Waals surface area contributed by atoms with Gasteiger partial charge >= 0.3 is 0 Å². The molecule has 0 aliphatic carbocycles. The van der Waals surface area contributed by atoms with E-state index in [0.29, 0.717) is 23.7 Å². The van der Waals surface area contributed by atoms with Crippen molar-refractivity contribution in [1.29, 1.82) is 0 Å². The topological polar surface area (TPSA) is 31.4 Å². The van der Waals surface area contributed by atoms with Gasteiger partial charge in [-0.25, -0.2) is 4.98 Å². The first kappa shape index (κ1) is 29.1. The van der Waals surface area contributed by atoms with E-state index in [-0.39, 0.29) is 11.7 Å². The van der Waals surface area contributed by atoms with Gasteiger partial charge in [-0.3, -0.25) is 0 Å². The predicted octanol–water partition coefficient (Wildman–Crippen LogP) is 8.35. The van der Waals surface area contributed by atoms with Gasteiger partial charge in [-0.1, -0.05) is 45.8 Å². The quantitative estimate of drug-likeness (QED) is 0.260. The molecular formula is C28H49NO2S. The lowest BCUT2D eigenvalue weighted by Gasteiger charge is -2.39. The Morgan fingerprint density at radius 1 is 1.12 bits per heavy atom. The number of thiazole rings is 1. The summed E-state index contributed by atoms with van der Waals surface area (Å²) < 4.78 is 11.5. The molecule has 0 N–H and O–H groups in total. The fraction of sp³-hybridized carbons (Fsp3) is 0.750. The van der Waals surface area contributed by atoms with Gasteiger partial charge in [0.25, 0.3) is 0 Å². The summed E-state index contributed by atoms with van der Waals surface area (Å²) in [6.07, 6.45) is 9.21. The van der Waals surface area contributed by atoms with Gasteiger partial charge in [0.05, 0.1) is 22.4 Å². The molecule has 0 bridgehead atoms. The standard InChI is InChI=1S/C28H49NO2S/c1-19(15-16-27(30-10)21(3)17-26-18-32-25(7)29-26)13-12-14-20(2)22(4)23(5)24(6)28(8,9)31-11/h15,17-18,20,22-24,27H,12-14,16H2,1-11H3/b19-15-,21-17+/t20-,22-,23+,24+,27-/m0/s1. The van der Waals surface area contributed by atoms with E-state index in [1.54, 1.807) is 18.4 Å². The minimum Gasteiger partial charge on any atom is -0.379 e. The zero-order valence-corrected chi connectivity index (χ0v) is 23.4. The Morgan fingerprint density at radius 3 is 2.31 bits per heavy atom. The maximum absolute atomic E-state index is 5.75. The van der Waals surface area contributed by atoms with E-state index < -0.39 is 0 Å². The van der Waals surface area contributed by atoms with Crippen LogP contribution in [0.3, 0.4) is 0 Å². The number of aromatic nitrogens is 1. The van der Waals surface area contributed by atoms with Gasteiger partial charge in [0.15, 0.2) is 0 Å². The highest BCUT2D eigenvalue weighted by atomic mass is 32.1. The van der Waals surface area contributed by atoms with Crippen LogP contribution in [-0.2, 0) is 9.47 Å². The molecule has 1 aromatic heterocycles. The molecule has 0 aliphatic rings. The minimum atomic E-state index is -0.0739. The summed E-state index contributed by atoms with van der Waals surface area (Å²) in [5.41, 5.74) is 3.65. The van der Waals surface area contributed by atoms with Crippen molar-refractivity contribution in [2.45, 2.75) is 99.7 Å². The van der Waals surface area contributed by atoms with E-state index in [2.05, 4.69) is 77.9 Å². The number of hydrogen-bond donors (Lipinski definition) is 0. The number of allylic oxidation sites excluding steroid dienone is 1. The third-order valence-electron chi connectivity index (χ3n) is 7.85. The second-order valence-electron chi connectivity index (χ2n) is 10.4. The van der Waals surface area contributed by atoms with Crippen LogP contribution in [0.4, 0.5) is 0 Å². The Hall–Kier alpha value is -0.970. The Bertz CT molecular complexity index is 734. The van der Waals surface area contributed by atoms with Crippen molar-refractivity contribution in [3.8, 4) is 0 Å². The third kappa shape index (κ3) is 9.11. The Labute approximate surface area is 202 Å². The summed E-state index contributed by atoms with van der Waals surface area (Å²) in [5.74, 6) is 2.56. The van der Waals surface area contributed by atoms with Crippen LogP contribution in [0, 0.1) is 30.6 Å². The van der Waals surface area contributed by atoms with Crippen molar-refractivity contribution in [2.24, 2.45) is 23.7 Å². The molecule has 184 valence electrons. The Kier molecular flexibility index (Phi) is 12.4. The summed E-state index contributed by atoms with van der Waals surface area (Å²) in [6, 6.07) is 0. The number of aryl methyl sites for hydroxylation is 1. The molecule has 0 saturated carbocycles. The molecule has 0 amide bonds. The minimum absolute atomic E-state index is 0.0739. The van der Waals surface area contributed by atoms with Crippen LogP contribution in [0.1, 0.15) is 91.8 Å². The second kappa shape index (κ2) is 13.7. The van der Waals surface area contributed by atoms with Crippen molar-refractivity contribution in [1.82, 2.24) is 4.98 Å². The summed E-state index contributed by atoms with van der Waals surface area (Å²) in [4.78, 5) is 4.54. The van der Waals surface area contributed by atoms with Crippen molar-refractivity contribution in [2.75, 3.05) is 14.2 Å². The van der Waals surface area contributed by atoms with E-state index in [9.17, 15) is 0 Å². The van der Waals surface area contributed by atoms with Gasteiger partial charge in [-0.05, 0) is 89.2 Å². The molecule has 32 heavy (non-hydrogen) atoms. The van der Waals surface area contributed by atoms with E-state index >= 15 is 0 Å². The second-order valence-corrected chi connectivity index (χ2v) is 11.4. The monoisotopic (exact) mass is 463 g/mol. The molecule has 3 nitrogen and oxygen atoms in total. The number of ether oxygens (including phenoxy) is 2. The van der Waals surface area contributed by atoms with Gasteiger partial charge in [0.2, 0.25) is 0 Å². The Balaban J connectivity index is 2.53. The smallest absolute Gasteiger partial charge is 0.0901 e. The predicted molar refractivity (Wildman–Crippen MR) is 141 cm³/mol. The molecule has 0 unspecified atom stereocenters. The normalized spacial score (nSPS) is 18.3.